The summed E-state index contributed by atoms with van der Waals surface area (Å²) in [6.07, 6.45) is 0.425. The molecular weight excluding hydrogens is 249 g/mol. The summed E-state index contributed by atoms with van der Waals surface area (Å²) >= 11 is 0. The van der Waals surface area contributed by atoms with E-state index in [2.05, 4.69) is 0 Å². The second-order valence-corrected chi connectivity index (χ2v) is 4.53. The van der Waals surface area contributed by atoms with Gasteiger partial charge in [-0.05, 0) is 37.6 Å². The lowest BCUT2D eigenvalue weighted by Gasteiger charge is -2.18. The third-order valence-corrected chi connectivity index (χ3v) is 2.58. The number of benzene rings is 1. The van der Waals surface area contributed by atoms with E-state index in [-0.39, 0.29) is 11.7 Å². The molecule has 0 saturated heterocycles. The molecule has 0 heterocycles. The molecule has 1 rings (SSSR count). The minimum atomic E-state index is -0.524. The number of nitrogens with zero attached hydrogens (tertiary/aromatic N) is 1. The smallest absolute Gasteiger partial charge is 0.222 e. The van der Waals surface area contributed by atoms with Crippen LogP contribution >= 0.6 is 0 Å². The number of hydrogen-bond donors (Lipinski definition) is 1. The zero-order valence-corrected chi connectivity index (χ0v) is 11.3. The zero-order valence-electron chi connectivity index (χ0n) is 11.3. The van der Waals surface area contributed by atoms with Gasteiger partial charge in [0.1, 0.15) is 11.6 Å². The van der Waals surface area contributed by atoms with Crippen molar-refractivity contribution in [1.29, 1.82) is 0 Å². The lowest BCUT2D eigenvalue weighted by molar-refractivity contribution is -0.131. The predicted octanol–water partition coefficient (Wildman–Crippen LogP) is 1.82. The van der Waals surface area contributed by atoms with Gasteiger partial charge in [-0.2, -0.15) is 0 Å². The predicted molar refractivity (Wildman–Crippen MR) is 70.4 cm³/mol. The number of ether oxygens (including phenoxy) is 1. The van der Waals surface area contributed by atoms with Crippen molar-refractivity contribution in [3.05, 3.63) is 30.1 Å². The molecule has 0 bridgehead atoms. The van der Waals surface area contributed by atoms with Crippen LogP contribution < -0.4 is 4.74 Å². The Morgan fingerprint density at radius 1 is 1.42 bits per heavy atom. The first-order valence-electron chi connectivity index (χ1n) is 6.29. The highest BCUT2D eigenvalue weighted by Crippen LogP contribution is 2.11. The number of halogens is 1. The Kier molecular flexibility index (Phi) is 6.29. The average molecular weight is 269 g/mol. The molecule has 1 N–H and O–H groups in total. The fourth-order valence-corrected chi connectivity index (χ4v) is 1.63. The van der Waals surface area contributed by atoms with Gasteiger partial charge in [-0.3, -0.25) is 4.79 Å². The third-order valence-electron chi connectivity index (χ3n) is 2.58. The van der Waals surface area contributed by atoms with Crippen LogP contribution in [-0.2, 0) is 4.79 Å². The second-order valence-electron chi connectivity index (χ2n) is 4.53. The van der Waals surface area contributed by atoms with Crippen LogP contribution in [0.25, 0.3) is 0 Å². The van der Waals surface area contributed by atoms with Crippen molar-refractivity contribution in [1.82, 2.24) is 4.90 Å². The van der Waals surface area contributed by atoms with E-state index in [1.165, 1.54) is 17.0 Å². The van der Waals surface area contributed by atoms with E-state index in [4.69, 9.17) is 9.84 Å². The molecule has 0 spiro atoms. The molecule has 4 nitrogen and oxygen atoms in total. The fraction of sp³-hybridized carbons (Fsp3) is 0.500. The summed E-state index contributed by atoms with van der Waals surface area (Å²) in [5, 5.41) is 9.17. The summed E-state index contributed by atoms with van der Waals surface area (Å²) in [6, 6.07) is 5.77. The van der Waals surface area contributed by atoms with Crippen molar-refractivity contribution in [3.8, 4) is 5.75 Å². The lowest BCUT2D eigenvalue weighted by atomic mass is 10.2. The van der Waals surface area contributed by atoms with E-state index in [9.17, 15) is 9.18 Å². The Hall–Kier alpha value is -1.62. The Bertz CT molecular complexity index is 392. The maximum Gasteiger partial charge on any atom is 0.222 e. The first-order chi connectivity index (χ1) is 8.99. The quantitative estimate of drug-likeness (QED) is 0.768. The van der Waals surface area contributed by atoms with Crippen molar-refractivity contribution < 1.29 is 19.0 Å². The van der Waals surface area contributed by atoms with Gasteiger partial charge in [0.15, 0.2) is 0 Å². The van der Waals surface area contributed by atoms with Gasteiger partial charge in [-0.1, -0.05) is 0 Å². The number of carbonyl (C=O) groups excluding carboxylic acids is 1. The molecule has 19 heavy (non-hydrogen) atoms. The second kappa shape index (κ2) is 7.74. The highest BCUT2D eigenvalue weighted by Gasteiger charge is 2.10. The van der Waals surface area contributed by atoms with Crippen LogP contribution in [0.2, 0.25) is 0 Å². The van der Waals surface area contributed by atoms with Crippen molar-refractivity contribution in [2.24, 2.45) is 0 Å². The summed E-state index contributed by atoms with van der Waals surface area (Å²) in [5.41, 5.74) is 0. The Morgan fingerprint density at radius 3 is 2.63 bits per heavy atom. The number of aliphatic hydroxyl groups is 1. The minimum Gasteiger partial charge on any atom is -0.494 e. The Balaban J connectivity index is 2.20. The average Bonchev–Trinajstić information content (AvgIpc) is 2.35. The molecule has 5 heteroatoms. The number of hydrogen-bond acceptors (Lipinski definition) is 3. The Labute approximate surface area is 112 Å². The molecule has 106 valence electrons. The summed E-state index contributed by atoms with van der Waals surface area (Å²) in [6.45, 7) is 2.37. The molecule has 0 aliphatic rings. The van der Waals surface area contributed by atoms with Crippen molar-refractivity contribution in [3.63, 3.8) is 0 Å². The molecule has 1 atom stereocenters. The highest BCUT2D eigenvalue weighted by atomic mass is 19.1. The van der Waals surface area contributed by atoms with Crippen LogP contribution in [0.4, 0.5) is 4.39 Å². The number of rotatable bonds is 7. The molecule has 0 saturated carbocycles. The molecular formula is C14H20FNO3. The molecule has 0 radical (unpaired) electrons. The molecule has 0 aromatic heterocycles. The van der Waals surface area contributed by atoms with Gasteiger partial charge in [0.25, 0.3) is 0 Å². The van der Waals surface area contributed by atoms with E-state index in [1.54, 1.807) is 26.1 Å². The molecule has 0 aliphatic heterocycles. The van der Waals surface area contributed by atoms with Gasteiger partial charge >= 0.3 is 0 Å². The van der Waals surface area contributed by atoms with Crippen LogP contribution in [0.3, 0.4) is 0 Å². The largest absolute Gasteiger partial charge is 0.494 e. The molecule has 0 aliphatic carbocycles. The molecule has 1 unspecified atom stereocenters. The maximum atomic E-state index is 12.6. The van der Waals surface area contributed by atoms with Crippen LogP contribution in [0, 0.1) is 5.82 Å². The highest BCUT2D eigenvalue weighted by molar-refractivity contribution is 5.75. The minimum absolute atomic E-state index is 0.0244. The van der Waals surface area contributed by atoms with E-state index < -0.39 is 6.10 Å². The number of aliphatic hydroxyl groups excluding tert-OH is 1. The van der Waals surface area contributed by atoms with E-state index in [1.807, 2.05) is 0 Å². The first kappa shape index (κ1) is 15.4. The van der Waals surface area contributed by atoms with Crippen molar-refractivity contribution >= 4 is 5.91 Å². The topological polar surface area (TPSA) is 49.8 Å². The standard InChI is InChI=1S/C14H20FNO3/c1-11(17)10-16(2)14(18)4-3-9-19-13-7-5-12(15)6-8-13/h5-8,11,17H,3-4,9-10H2,1-2H3. The van der Waals surface area contributed by atoms with Gasteiger partial charge in [0.05, 0.1) is 12.7 Å². The van der Waals surface area contributed by atoms with E-state index >= 15 is 0 Å². The van der Waals surface area contributed by atoms with Gasteiger partial charge in [-0.15, -0.1) is 0 Å². The van der Waals surface area contributed by atoms with Crippen LogP contribution in [0.1, 0.15) is 19.8 Å². The lowest BCUT2D eigenvalue weighted by Crippen LogP contribution is -2.33. The molecule has 0 fully saturated rings. The zero-order chi connectivity index (χ0) is 14.3. The van der Waals surface area contributed by atoms with Gasteiger partial charge in [0.2, 0.25) is 5.91 Å². The van der Waals surface area contributed by atoms with Gasteiger partial charge in [0, 0.05) is 20.0 Å². The van der Waals surface area contributed by atoms with E-state index in [0.29, 0.717) is 31.7 Å². The molecule has 1 amide bonds. The summed E-state index contributed by atoms with van der Waals surface area (Å²) < 4.78 is 18.0. The fourth-order valence-electron chi connectivity index (χ4n) is 1.63. The summed E-state index contributed by atoms with van der Waals surface area (Å²) in [5.74, 6) is 0.261. The number of carbonyl (C=O) groups is 1. The summed E-state index contributed by atoms with van der Waals surface area (Å²) in [4.78, 5) is 13.1. The van der Waals surface area contributed by atoms with Gasteiger partial charge < -0.3 is 14.7 Å². The van der Waals surface area contributed by atoms with Crippen molar-refractivity contribution in [2.45, 2.75) is 25.9 Å². The monoisotopic (exact) mass is 269 g/mol. The van der Waals surface area contributed by atoms with Gasteiger partial charge in [-0.25, -0.2) is 4.39 Å². The van der Waals surface area contributed by atoms with Crippen LogP contribution in [0.15, 0.2) is 24.3 Å². The van der Waals surface area contributed by atoms with Crippen LogP contribution in [0.5, 0.6) is 5.75 Å². The van der Waals surface area contributed by atoms with Crippen molar-refractivity contribution in [2.75, 3.05) is 20.2 Å². The number of amides is 1. The molecule has 1 aromatic carbocycles. The third kappa shape index (κ3) is 6.20. The Morgan fingerprint density at radius 2 is 2.05 bits per heavy atom. The summed E-state index contributed by atoms with van der Waals surface area (Å²) in [7, 11) is 1.66. The normalized spacial score (nSPS) is 12.0. The first-order valence-corrected chi connectivity index (χ1v) is 6.29. The molecule has 1 aromatic rings. The van der Waals surface area contributed by atoms with E-state index in [0.717, 1.165) is 0 Å². The maximum absolute atomic E-state index is 12.6. The SMILES string of the molecule is CC(O)CN(C)C(=O)CCCOc1ccc(F)cc1. The number of likely N-dealkylation sites (N-methyl/N-ethyl adjacent to an activating group) is 1. The van der Waals surface area contributed by atoms with Crippen LogP contribution in [-0.4, -0.2) is 42.2 Å².